The van der Waals surface area contributed by atoms with Gasteiger partial charge in [0.15, 0.2) is 0 Å². The topological polar surface area (TPSA) is 126 Å². The fourth-order valence-electron chi connectivity index (χ4n) is 4.04. The second-order valence-electron chi connectivity index (χ2n) is 9.92. The third-order valence-corrected chi connectivity index (χ3v) is 7.42. The summed E-state index contributed by atoms with van der Waals surface area (Å²) in [5.74, 6) is -0.491. The molecule has 0 aliphatic carbocycles. The number of aromatic nitrogens is 3. The van der Waals surface area contributed by atoms with Crippen LogP contribution in [-0.4, -0.2) is 45.8 Å². The lowest BCUT2D eigenvalue weighted by molar-refractivity contribution is -0.118. The Labute approximate surface area is 214 Å². The van der Waals surface area contributed by atoms with E-state index in [1.54, 1.807) is 35.1 Å². The van der Waals surface area contributed by atoms with E-state index in [9.17, 15) is 18.0 Å². The van der Waals surface area contributed by atoms with E-state index in [1.807, 2.05) is 61.9 Å². The molecule has 2 amide bonds. The quantitative estimate of drug-likeness (QED) is 0.418. The summed E-state index contributed by atoms with van der Waals surface area (Å²) >= 11 is 0. The summed E-state index contributed by atoms with van der Waals surface area (Å²) in [6, 6.07) is 18.4. The van der Waals surface area contributed by atoms with Gasteiger partial charge in [-0.2, -0.15) is 17.8 Å². The zero-order valence-corrected chi connectivity index (χ0v) is 21.4. The largest absolute Gasteiger partial charge is 0.305 e. The summed E-state index contributed by atoms with van der Waals surface area (Å²) in [7, 11) is -3.85. The van der Waals surface area contributed by atoms with Crippen molar-refractivity contribution < 1.29 is 18.0 Å². The smallest absolute Gasteiger partial charge is 0.304 e. The molecule has 3 heterocycles. The predicted octanol–water partition coefficient (Wildman–Crippen LogP) is 3.15. The van der Waals surface area contributed by atoms with Crippen LogP contribution >= 0.6 is 0 Å². The molecule has 0 unspecified atom stereocenters. The monoisotopic (exact) mass is 518 g/mol. The molecule has 4 aromatic rings. The van der Waals surface area contributed by atoms with Gasteiger partial charge in [-0.3, -0.25) is 14.6 Å². The van der Waals surface area contributed by atoms with Gasteiger partial charge >= 0.3 is 10.2 Å². The number of anilines is 1. The average molecular weight is 519 g/mol. The van der Waals surface area contributed by atoms with Crippen molar-refractivity contribution in [2.45, 2.75) is 32.7 Å². The van der Waals surface area contributed by atoms with Crippen molar-refractivity contribution in [3.8, 4) is 5.69 Å². The summed E-state index contributed by atoms with van der Waals surface area (Å²) in [5.41, 5.74) is 2.04. The standard InChI is InChI=1S/C26H26N6O4S/c1-26(2,3)22-13-23(28-25(34)21-12-18-8-4-5-9-19(18)14-27-21)32(29-22)20-10-6-7-17(11-20)15-31-16-24(33)30-37(31,35)36/h4-14H,15-16H2,1-3H3,(H,28,34)(H,30,33). The maximum absolute atomic E-state index is 13.2. The molecule has 0 spiro atoms. The maximum Gasteiger partial charge on any atom is 0.304 e. The van der Waals surface area contributed by atoms with E-state index in [4.69, 9.17) is 5.10 Å². The van der Waals surface area contributed by atoms with Gasteiger partial charge in [0.2, 0.25) is 5.91 Å². The summed E-state index contributed by atoms with van der Waals surface area (Å²) in [6.45, 7) is 5.85. The minimum absolute atomic E-state index is 0.0189. The van der Waals surface area contributed by atoms with Crippen LogP contribution in [0.4, 0.5) is 5.82 Å². The van der Waals surface area contributed by atoms with Gasteiger partial charge in [-0.15, -0.1) is 0 Å². The zero-order valence-electron chi connectivity index (χ0n) is 20.6. The van der Waals surface area contributed by atoms with Crippen LogP contribution in [0.5, 0.6) is 0 Å². The van der Waals surface area contributed by atoms with Gasteiger partial charge in [0, 0.05) is 29.6 Å². The highest BCUT2D eigenvalue weighted by atomic mass is 32.2. The van der Waals surface area contributed by atoms with Crippen LogP contribution in [0, 0.1) is 0 Å². The number of rotatable bonds is 5. The molecule has 0 atom stereocenters. The van der Waals surface area contributed by atoms with Crippen molar-refractivity contribution in [2.24, 2.45) is 0 Å². The van der Waals surface area contributed by atoms with Crippen molar-refractivity contribution in [1.29, 1.82) is 0 Å². The Kier molecular flexibility index (Phi) is 6.04. The highest BCUT2D eigenvalue weighted by Crippen LogP contribution is 2.27. The molecule has 11 heteroatoms. The normalized spacial score (nSPS) is 15.6. The number of hydrogen-bond acceptors (Lipinski definition) is 6. The molecular formula is C26H26N6O4S. The number of amides is 2. The Hall–Kier alpha value is -4.09. The third-order valence-electron chi connectivity index (χ3n) is 6.00. The molecule has 1 fully saturated rings. The molecule has 1 aliphatic heterocycles. The van der Waals surface area contributed by atoms with E-state index in [1.165, 1.54) is 0 Å². The molecule has 10 nitrogen and oxygen atoms in total. The molecule has 2 N–H and O–H groups in total. The molecule has 37 heavy (non-hydrogen) atoms. The number of carbonyl (C=O) groups is 2. The number of nitrogens with one attached hydrogen (secondary N) is 2. The first-order chi connectivity index (χ1) is 17.5. The Balaban J connectivity index is 1.48. The zero-order chi connectivity index (χ0) is 26.4. The van der Waals surface area contributed by atoms with Crippen LogP contribution < -0.4 is 10.0 Å². The van der Waals surface area contributed by atoms with Crippen LogP contribution in [0.25, 0.3) is 16.5 Å². The lowest BCUT2D eigenvalue weighted by atomic mass is 9.92. The van der Waals surface area contributed by atoms with Crippen molar-refractivity contribution in [3.05, 3.63) is 83.8 Å². The van der Waals surface area contributed by atoms with E-state index in [0.29, 0.717) is 17.1 Å². The number of pyridine rings is 1. The first kappa shape index (κ1) is 24.6. The minimum Gasteiger partial charge on any atom is -0.305 e. The molecule has 2 aromatic heterocycles. The number of carbonyl (C=O) groups excluding carboxylic acids is 2. The van der Waals surface area contributed by atoms with Crippen LogP contribution in [0.15, 0.2) is 66.9 Å². The molecule has 0 radical (unpaired) electrons. The summed E-state index contributed by atoms with van der Waals surface area (Å²) < 4.78 is 29.0. The van der Waals surface area contributed by atoms with Gasteiger partial charge in [-0.25, -0.2) is 9.40 Å². The lowest BCUT2D eigenvalue weighted by Gasteiger charge is -2.15. The van der Waals surface area contributed by atoms with Crippen molar-refractivity contribution >= 4 is 38.6 Å². The van der Waals surface area contributed by atoms with Crippen LogP contribution in [0.3, 0.4) is 0 Å². The highest BCUT2D eigenvalue weighted by Gasteiger charge is 2.33. The Bertz CT molecular complexity index is 1640. The molecule has 190 valence electrons. The second-order valence-corrected chi connectivity index (χ2v) is 11.6. The number of benzene rings is 2. The molecular weight excluding hydrogens is 492 g/mol. The maximum atomic E-state index is 13.2. The van der Waals surface area contributed by atoms with Gasteiger partial charge in [-0.1, -0.05) is 57.2 Å². The predicted molar refractivity (Wildman–Crippen MR) is 139 cm³/mol. The van der Waals surface area contributed by atoms with Crippen molar-refractivity contribution in [3.63, 3.8) is 0 Å². The van der Waals surface area contributed by atoms with Crippen LogP contribution in [-0.2, 0) is 27.0 Å². The van der Waals surface area contributed by atoms with E-state index in [2.05, 4.69) is 10.3 Å². The second kappa shape index (κ2) is 9.09. The Morgan fingerprint density at radius 1 is 1.05 bits per heavy atom. The van der Waals surface area contributed by atoms with E-state index in [-0.39, 0.29) is 30.1 Å². The van der Waals surface area contributed by atoms with Crippen molar-refractivity contribution in [1.82, 2.24) is 23.8 Å². The molecule has 0 bridgehead atoms. The first-order valence-electron chi connectivity index (χ1n) is 11.7. The molecule has 0 saturated carbocycles. The third kappa shape index (κ3) is 5.09. The summed E-state index contributed by atoms with van der Waals surface area (Å²) in [6.07, 6.45) is 1.66. The van der Waals surface area contributed by atoms with Gasteiger partial charge in [0.05, 0.1) is 17.9 Å². The minimum atomic E-state index is -3.85. The van der Waals surface area contributed by atoms with Crippen molar-refractivity contribution in [2.75, 3.05) is 11.9 Å². The van der Waals surface area contributed by atoms with Gasteiger partial charge in [-0.05, 0) is 29.1 Å². The SMILES string of the molecule is CC(C)(C)c1cc(NC(=O)c2cc3ccccc3cn2)n(-c2cccc(CN3CC(=O)NS3(=O)=O)c2)n1. The molecule has 2 aromatic carbocycles. The lowest BCUT2D eigenvalue weighted by Crippen LogP contribution is -2.29. The van der Waals surface area contributed by atoms with Crippen LogP contribution in [0.1, 0.15) is 42.5 Å². The fraction of sp³-hybridized carbons (Fsp3) is 0.231. The number of nitrogens with zero attached hydrogens (tertiary/aromatic N) is 4. The van der Waals surface area contributed by atoms with E-state index < -0.39 is 16.1 Å². The molecule has 5 rings (SSSR count). The Morgan fingerprint density at radius 2 is 1.81 bits per heavy atom. The number of hydrogen-bond donors (Lipinski definition) is 2. The molecule has 1 aliphatic rings. The molecule has 1 saturated heterocycles. The summed E-state index contributed by atoms with van der Waals surface area (Å²) in [5, 5.41) is 9.52. The van der Waals surface area contributed by atoms with Gasteiger partial charge < -0.3 is 5.32 Å². The Morgan fingerprint density at radius 3 is 2.51 bits per heavy atom. The highest BCUT2D eigenvalue weighted by molar-refractivity contribution is 7.88. The van der Waals surface area contributed by atoms with Gasteiger partial charge in [0.25, 0.3) is 5.91 Å². The average Bonchev–Trinajstić information content (AvgIpc) is 3.38. The van der Waals surface area contributed by atoms with Crippen LogP contribution in [0.2, 0.25) is 0 Å². The first-order valence-corrected chi connectivity index (χ1v) is 13.1. The van der Waals surface area contributed by atoms with E-state index in [0.717, 1.165) is 20.8 Å². The fourth-order valence-corrected chi connectivity index (χ4v) is 5.13. The van der Waals surface area contributed by atoms with E-state index >= 15 is 0 Å². The number of fused-ring (bicyclic) bond motifs is 1. The van der Waals surface area contributed by atoms with Gasteiger partial charge in [0.1, 0.15) is 11.5 Å². The summed E-state index contributed by atoms with van der Waals surface area (Å²) in [4.78, 5) is 29.1.